The summed E-state index contributed by atoms with van der Waals surface area (Å²) in [5.74, 6) is 1.98. The first-order chi connectivity index (χ1) is 8.31. The Kier molecular flexibility index (Phi) is 4.03. The van der Waals surface area contributed by atoms with Gasteiger partial charge in [0.25, 0.3) is 0 Å². The van der Waals surface area contributed by atoms with Crippen LogP contribution in [0, 0.1) is 0 Å². The number of rotatable bonds is 5. The zero-order chi connectivity index (χ0) is 12.1. The van der Waals surface area contributed by atoms with Crippen LogP contribution in [0.25, 0.3) is 0 Å². The number of aromatic hydroxyl groups is 1. The lowest BCUT2D eigenvalue weighted by molar-refractivity contribution is 0.462. The predicted octanol–water partition coefficient (Wildman–Crippen LogP) is 2.69. The van der Waals surface area contributed by atoms with Gasteiger partial charge in [0.15, 0.2) is 0 Å². The van der Waals surface area contributed by atoms with E-state index in [9.17, 15) is 5.11 Å². The van der Waals surface area contributed by atoms with E-state index >= 15 is 0 Å². The number of para-hydroxylation sites is 1. The van der Waals surface area contributed by atoms with Gasteiger partial charge in [-0.25, -0.2) is 9.67 Å². The van der Waals surface area contributed by atoms with Crippen LogP contribution < -0.4 is 0 Å². The Bertz CT molecular complexity index is 484. The summed E-state index contributed by atoms with van der Waals surface area (Å²) < 4.78 is 1.91. The molecule has 1 N–H and O–H groups in total. The molecule has 0 aliphatic rings. The van der Waals surface area contributed by atoms with Gasteiger partial charge in [0.05, 0.1) is 5.75 Å². The molecule has 1 aromatic carbocycles. The molecule has 0 aliphatic carbocycles. The van der Waals surface area contributed by atoms with Crippen molar-refractivity contribution in [3.8, 4) is 5.75 Å². The molecular formula is C12H15N3OS. The highest BCUT2D eigenvalue weighted by atomic mass is 32.2. The monoisotopic (exact) mass is 249 g/mol. The molecule has 1 aromatic heterocycles. The molecule has 2 aromatic rings. The second-order valence-electron chi connectivity index (χ2n) is 3.66. The number of hydrogen-bond acceptors (Lipinski definition) is 4. The summed E-state index contributed by atoms with van der Waals surface area (Å²) in [6.45, 7) is 3.00. The highest BCUT2D eigenvalue weighted by molar-refractivity contribution is 7.98. The Morgan fingerprint density at radius 2 is 2.18 bits per heavy atom. The topological polar surface area (TPSA) is 50.9 Å². The van der Waals surface area contributed by atoms with Crippen LogP contribution in [-0.2, 0) is 12.3 Å². The first-order valence-electron chi connectivity index (χ1n) is 5.58. The maximum atomic E-state index is 9.65. The van der Waals surface area contributed by atoms with E-state index in [1.807, 2.05) is 22.9 Å². The molecule has 2 rings (SSSR count). The van der Waals surface area contributed by atoms with E-state index < -0.39 is 0 Å². The number of nitrogens with zero attached hydrogens (tertiary/aromatic N) is 3. The molecule has 1 heterocycles. The minimum atomic E-state index is 0.319. The molecule has 0 saturated carbocycles. The maximum absolute atomic E-state index is 9.65. The summed E-state index contributed by atoms with van der Waals surface area (Å²) in [4.78, 5) is 5.10. The summed E-state index contributed by atoms with van der Waals surface area (Å²) >= 11 is 1.57. The van der Waals surface area contributed by atoms with Gasteiger partial charge in [-0.1, -0.05) is 19.1 Å². The van der Waals surface area contributed by atoms with Crippen LogP contribution in [0.15, 0.2) is 35.5 Å². The average molecular weight is 249 g/mol. The molecule has 0 fully saturated rings. The summed E-state index contributed by atoms with van der Waals surface area (Å²) in [6.07, 6.45) is 2.62. The van der Waals surface area contributed by atoms with Gasteiger partial charge in [-0.05, 0) is 18.6 Å². The first-order valence-corrected chi connectivity index (χ1v) is 6.57. The van der Waals surface area contributed by atoms with Crippen LogP contribution >= 0.6 is 11.8 Å². The lowest BCUT2D eigenvalue weighted by Crippen LogP contribution is -2.03. The third-order valence-corrected chi connectivity index (χ3v) is 3.41. The second-order valence-corrected chi connectivity index (χ2v) is 4.67. The third kappa shape index (κ3) is 3.00. The summed E-state index contributed by atoms with van der Waals surface area (Å²) in [6, 6.07) is 7.33. The minimum absolute atomic E-state index is 0.319. The third-order valence-electron chi connectivity index (χ3n) is 2.35. The van der Waals surface area contributed by atoms with Crippen molar-refractivity contribution < 1.29 is 5.11 Å². The number of phenolic OH excluding ortho intramolecular Hbond substituents is 1. The van der Waals surface area contributed by atoms with Crippen molar-refractivity contribution in [3.05, 3.63) is 36.4 Å². The van der Waals surface area contributed by atoms with E-state index in [1.165, 1.54) is 0 Å². The summed E-state index contributed by atoms with van der Waals surface area (Å²) in [5.41, 5.74) is 0. The van der Waals surface area contributed by atoms with Gasteiger partial charge in [-0.15, -0.1) is 11.8 Å². The van der Waals surface area contributed by atoms with Crippen molar-refractivity contribution in [1.29, 1.82) is 0 Å². The zero-order valence-electron chi connectivity index (χ0n) is 9.71. The molecule has 5 heteroatoms. The van der Waals surface area contributed by atoms with Gasteiger partial charge in [-0.3, -0.25) is 0 Å². The van der Waals surface area contributed by atoms with Gasteiger partial charge in [0.1, 0.15) is 17.9 Å². The Morgan fingerprint density at radius 1 is 1.35 bits per heavy atom. The predicted molar refractivity (Wildman–Crippen MR) is 68.0 cm³/mol. The lowest BCUT2D eigenvalue weighted by Gasteiger charge is -2.05. The number of hydrogen-bond donors (Lipinski definition) is 1. The molecule has 0 aliphatic heterocycles. The smallest absolute Gasteiger partial charge is 0.138 e. The maximum Gasteiger partial charge on any atom is 0.138 e. The average Bonchev–Trinajstić information content (AvgIpc) is 2.76. The Hall–Kier alpha value is -1.49. The lowest BCUT2D eigenvalue weighted by atomic mass is 10.3. The van der Waals surface area contributed by atoms with E-state index in [4.69, 9.17) is 0 Å². The fourth-order valence-electron chi connectivity index (χ4n) is 1.52. The van der Waals surface area contributed by atoms with E-state index in [0.29, 0.717) is 5.75 Å². The molecular weight excluding hydrogens is 234 g/mol. The van der Waals surface area contributed by atoms with Crippen molar-refractivity contribution in [3.63, 3.8) is 0 Å². The minimum Gasteiger partial charge on any atom is -0.507 e. The number of aromatic nitrogens is 3. The standard InChI is InChI=1S/C12H15N3OS/c1-2-7-15-12(13-9-14-15)8-17-11-6-4-3-5-10(11)16/h3-6,9,16H,2,7-8H2,1H3. The fraction of sp³-hybridized carbons (Fsp3) is 0.333. The van der Waals surface area contributed by atoms with Gasteiger partial charge in [0.2, 0.25) is 0 Å². The van der Waals surface area contributed by atoms with Gasteiger partial charge in [0, 0.05) is 11.4 Å². The Morgan fingerprint density at radius 3 is 2.94 bits per heavy atom. The molecule has 17 heavy (non-hydrogen) atoms. The number of benzene rings is 1. The molecule has 0 atom stereocenters. The molecule has 0 unspecified atom stereocenters. The van der Waals surface area contributed by atoms with Crippen molar-refractivity contribution in [1.82, 2.24) is 14.8 Å². The van der Waals surface area contributed by atoms with Crippen LogP contribution in [0.3, 0.4) is 0 Å². The largest absolute Gasteiger partial charge is 0.507 e. The van der Waals surface area contributed by atoms with Crippen LogP contribution in [0.4, 0.5) is 0 Å². The molecule has 90 valence electrons. The van der Waals surface area contributed by atoms with Crippen molar-refractivity contribution in [2.45, 2.75) is 30.5 Å². The number of aryl methyl sites for hydroxylation is 1. The SMILES string of the molecule is CCCn1ncnc1CSc1ccccc1O. The van der Waals surface area contributed by atoms with Crippen molar-refractivity contribution in [2.24, 2.45) is 0 Å². The van der Waals surface area contributed by atoms with Crippen LogP contribution in [0.1, 0.15) is 19.2 Å². The molecule has 0 bridgehead atoms. The highest BCUT2D eigenvalue weighted by Crippen LogP contribution is 2.29. The zero-order valence-corrected chi connectivity index (χ0v) is 10.5. The molecule has 0 saturated heterocycles. The molecule has 4 nitrogen and oxygen atoms in total. The second kappa shape index (κ2) is 5.72. The highest BCUT2D eigenvalue weighted by Gasteiger charge is 2.06. The van der Waals surface area contributed by atoms with Crippen LogP contribution in [0.5, 0.6) is 5.75 Å². The number of phenols is 1. The molecule has 0 spiro atoms. The van der Waals surface area contributed by atoms with Crippen LogP contribution in [0.2, 0.25) is 0 Å². The van der Waals surface area contributed by atoms with Crippen LogP contribution in [-0.4, -0.2) is 19.9 Å². The normalized spacial score (nSPS) is 10.6. The van der Waals surface area contributed by atoms with Gasteiger partial charge in [-0.2, -0.15) is 5.10 Å². The quantitative estimate of drug-likeness (QED) is 0.828. The van der Waals surface area contributed by atoms with E-state index in [0.717, 1.165) is 29.4 Å². The Balaban J connectivity index is 2.02. The number of thioether (sulfide) groups is 1. The first kappa shape index (κ1) is 12.0. The van der Waals surface area contributed by atoms with Gasteiger partial charge < -0.3 is 5.11 Å². The molecule has 0 amide bonds. The summed E-state index contributed by atoms with van der Waals surface area (Å²) in [5, 5.41) is 13.8. The fourth-order valence-corrected chi connectivity index (χ4v) is 2.42. The summed E-state index contributed by atoms with van der Waals surface area (Å²) in [7, 11) is 0. The van der Waals surface area contributed by atoms with Crippen molar-refractivity contribution >= 4 is 11.8 Å². The van der Waals surface area contributed by atoms with E-state index in [2.05, 4.69) is 17.0 Å². The van der Waals surface area contributed by atoms with E-state index in [-0.39, 0.29) is 0 Å². The van der Waals surface area contributed by atoms with Gasteiger partial charge >= 0.3 is 0 Å². The van der Waals surface area contributed by atoms with E-state index in [1.54, 1.807) is 24.2 Å². The Labute approximate surface area is 105 Å². The van der Waals surface area contributed by atoms with Crippen molar-refractivity contribution in [2.75, 3.05) is 0 Å². The molecule has 0 radical (unpaired) electrons.